The molecule has 0 aliphatic carbocycles. The first-order chi connectivity index (χ1) is 8.56. The minimum absolute atomic E-state index is 0.215. The summed E-state index contributed by atoms with van der Waals surface area (Å²) >= 11 is 0. The summed E-state index contributed by atoms with van der Waals surface area (Å²) in [6.45, 7) is 3.21. The molecule has 0 aromatic rings. The third-order valence-electron chi connectivity index (χ3n) is 2.94. The smallest absolute Gasteiger partial charge is 0.275 e. The standard InChI is InChI=1S/C13H20N2O3/c1-3-4-5-6-7-8-11-13(18)15(10(2)16)9-12(17)14-11/h3-9H2,1-2H3. The Morgan fingerprint density at radius 1 is 1.22 bits per heavy atom. The quantitative estimate of drug-likeness (QED) is 0.676. The summed E-state index contributed by atoms with van der Waals surface area (Å²) in [5.74, 6) is -1.21. The van der Waals surface area contributed by atoms with Gasteiger partial charge in [-0.3, -0.25) is 19.3 Å². The van der Waals surface area contributed by atoms with E-state index in [0.717, 1.165) is 30.6 Å². The van der Waals surface area contributed by atoms with E-state index in [0.29, 0.717) is 6.42 Å². The van der Waals surface area contributed by atoms with Gasteiger partial charge in [0.15, 0.2) is 0 Å². The highest BCUT2D eigenvalue weighted by Crippen LogP contribution is 2.10. The number of imide groups is 1. The molecule has 1 aliphatic heterocycles. The Kier molecular flexibility index (Phi) is 5.68. The van der Waals surface area contributed by atoms with Gasteiger partial charge in [-0.05, 0) is 12.8 Å². The summed E-state index contributed by atoms with van der Waals surface area (Å²) in [4.78, 5) is 39.1. The molecule has 0 bridgehead atoms. The Bertz CT molecular complexity index is 374. The third kappa shape index (κ3) is 4.05. The summed E-state index contributed by atoms with van der Waals surface area (Å²) in [5, 5.41) is 0. The Hall–Kier alpha value is -1.52. The van der Waals surface area contributed by atoms with Crippen LogP contribution in [0.5, 0.6) is 0 Å². The lowest BCUT2D eigenvalue weighted by molar-refractivity contribution is -0.143. The van der Waals surface area contributed by atoms with Crippen molar-refractivity contribution in [1.29, 1.82) is 0 Å². The molecule has 100 valence electrons. The van der Waals surface area contributed by atoms with Gasteiger partial charge in [0.2, 0.25) is 5.91 Å². The highest BCUT2D eigenvalue weighted by Gasteiger charge is 2.29. The molecular weight excluding hydrogens is 232 g/mol. The number of amides is 3. The first-order valence-corrected chi connectivity index (χ1v) is 6.49. The minimum Gasteiger partial charge on any atom is -0.275 e. The van der Waals surface area contributed by atoms with Gasteiger partial charge in [0, 0.05) is 6.92 Å². The van der Waals surface area contributed by atoms with Crippen molar-refractivity contribution in [2.24, 2.45) is 4.99 Å². The molecule has 18 heavy (non-hydrogen) atoms. The van der Waals surface area contributed by atoms with Gasteiger partial charge in [-0.1, -0.05) is 32.6 Å². The second-order valence-electron chi connectivity index (χ2n) is 4.53. The highest BCUT2D eigenvalue weighted by molar-refractivity contribution is 6.44. The van der Waals surface area contributed by atoms with Crippen LogP contribution in [0.1, 0.15) is 52.4 Å². The van der Waals surface area contributed by atoms with Gasteiger partial charge in [-0.15, -0.1) is 0 Å². The predicted molar refractivity (Wildman–Crippen MR) is 68.2 cm³/mol. The number of hydrogen-bond donors (Lipinski definition) is 0. The molecule has 0 saturated heterocycles. The lowest BCUT2D eigenvalue weighted by atomic mass is 10.1. The number of carbonyl (C=O) groups excluding carboxylic acids is 3. The zero-order chi connectivity index (χ0) is 13.5. The Morgan fingerprint density at radius 2 is 1.89 bits per heavy atom. The zero-order valence-corrected chi connectivity index (χ0v) is 11.1. The first-order valence-electron chi connectivity index (χ1n) is 6.49. The number of carbonyl (C=O) groups is 3. The van der Waals surface area contributed by atoms with E-state index in [1.54, 1.807) is 0 Å². The maximum atomic E-state index is 11.9. The van der Waals surface area contributed by atoms with Crippen molar-refractivity contribution in [3.63, 3.8) is 0 Å². The van der Waals surface area contributed by atoms with E-state index >= 15 is 0 Å². The van der Waals surface area contributed by atoms with Gasteiger partial charge in [0.1, 0.15) is 12.3 Å². The molecule has 1 heterocycles. The molecule has 0 fully saturated rings. The lowest BCUT2D eigenvalue weighted by Crippen LogP contribution is -2.46. The normalized spacial score (nSPS) is 15.9. The molecule has 3 amide bonds. The molecule has 5 nitrogen and oxygen atoms in total. The van der Waals surface area contributed by atoms with E-state index in [9.17, 15) is 14.4 Å². The summed E-state index contributed by atoms with van der Waals surface area (Å²) in [6, 6.07) is 0. The molecule has 0 spiro atoms. The van der Waals surface area contributed by atoms with Crippen LogP contribution in [0.4, 0.5) is 0 Å². The fraction of sp³-hybridized carbons (Fsp3) is 0.692. The number of aliphatic imine (C=N–C) groups is 1. The molecule has 0 unspecified atom stereocenters. The number of unbranched alkanes of at least 4 members (excludes halogenated alkanes) is 4. The van der Waals surface area contributed by atoms with Gasteiger partial charge < -0.3 is 0 Å². The van der Waals surface area contributed by atoms with E-state index in [1.807, 2.05) is 0 Å². The van der Waals surface area contributed by atoms with Crippen LogP contribution in [0, 0.1) is 0 Å². The SMILES string of the molecule is CCCCCCCC1=NC(=O)CN(C(C)=O)C1=O. The minimum atomic E-state index is -0.409. The molecule has 0 aromatic heterocycles. The lowest BCUT2D eigenvalue weighted by Gasteiger charge is -2.22. The molecule has 0 aromatic carbocycles. The van der Waals surface area contributed by atoms with E-state index in [2.05, 4.69) is 11.9 Å². The molecule has 0 atom stereocenters. The number of hydrogen-bond acceptors (Lipinski definition) is 3. The van der Waals surface area contributed by atoms with Crippen LogP contribution >= 0.6 is 0 Å². The van der Waals surface area contributed by atoms with E-state index in [1.165, 1.54) is 13.3 Å². The fourth-order valence-electron chi connectivity index (χ4n) is 1.91. The highest BCUT2D eigenvalue weighted by atomic mass is 16.2. The van der Waals surface area contributed by atoms with Gasteiger partial charge in [-0.25, -0.2) is 4.99 Å². The summed E-state index contributed by atoms with van der Waals surface area (Å²) < 4.78 is 0. The second kappa shape index (κ2) is 7.03. The van der Waals surface area contributed by atoms with E-state index < -0.39 is 17.7 Å². The van der Waals surface area contributed by atoms with Crippen molar-refractivity contribution in [3.05, 3.63) is 0 Å². The Morgan fingerprint density at radius 3 is 2.50 bits per heavy atom. The van der Waals surface area contributed by atoms with Crippen LogP contribution in [0.3, 0.4) is 0 Å². The van der Waals surface area contributed by atoms with Gasteiger partial charge in [0.25, 0.3) is 11.8 Å². The Balaban J connectivity index is 2.50. The number of rotatable bonds is 6. The average molecular weight is 252 g/mol. The van der Waals surface area contributed by atoms with Crippen LogP contribution in [-0.2, 0) is 14.4 Å². The summed E-state index contributed by atoms with van der Waals surface area (Å²) in [5.41, 5.74) is 0.234. The second-order valence-corrected chi connectivity index (χ2v) is 4.53. The van der Waals surface area contributed by atoms with Crippen LogP contribution in [0.2, 0.25) is 0 Å². The molecule has 0 radical (unpaired) electrons. The largest absolute Gasteiger partial charge is 0.275 e. The van der Waals surface area contributed by atoms with E-state index in [4.69, 9.17) is 0 Å². The van der Waals surface area contributed by atoms with Crippen LogP contribution in [0.25, 0.3) is 0 Å². The topological polar surface area (TPSA) is 66.8 Å². The molecule has 5 heteroatoms. The van der Waals surface area contributed by atoms with E-state index in [-0.39, 0.29) is 12.3 Å². The van der Waals surface area contributed by atoms with Crippen LogP contribution in [-0.4, -0.2) is 34.9 Å². The first kappa shape index (κ1) is 14.5. The molecule has 0 saturated carbocycles. The summed E-state index contributed by atoms with van der Waals surface area (Å²) in [6.07, 6.45) is 5.81. The monoisotopic (exact) mass is 252 g/mol. The van der Waals surface area contributed by atoms with Crippen LogP contribution in [0.15, 0.2) is 4.99 Å². The zero-order valence-electron chi connectivity index (χ0n) is 11.1. The predicted octanol–water partition coefficient (Wildman–Crippen LogP) is 1.70. The fourth-order valence-corrected chi connectivity index (χ4v) is 1.91. The maximum absolute atomic E-state index is 11.9. The maximum Gasteiger partial charge on any atom is 0.275 e. The van der Waals surface area contributed by atoms with Crippen molar-refractivity contribution < 1.29 is 14.4 Å². The molecule has 1 aliphatic rings. The van der Waals surface area contributed by atoms with Gasteiger partial charge in [-0.2, -0.15) is 0 Å². The van der Waals surface area contributed by atoms with Crippen molar-refractivity contribution in [1.82, 2.24) is 4.90 Å². The van der Waals surface area contributed by atoms with Crippen LogP contribution < -0.4 is 0 Å². The van der Waals surface area contributed by atoms with Crippen molar-refractivity contribution in [2.75, 3.05) is 6.54 Å². The molecule has 1 rings (SSSR count). The number of nitrogens with zero attached hydrogens (tertiary/aromatic N) is 2. The van der Waals surface area contributed by atoms with Gasteiger partial charge in [0.05, 0.1) is 0 Å². The summed E-state index contributed by atoms with van der Waals surface area (Å²) in [7, 11) is 0. The van der Waals surface area contributed by atoms with Crippen molar-refractivity contribution in [3.8, 4) is 0 Å². The van der Waals surface area contributed by atoms with Gasteiger partial charge >= 0.3 is 0 Å². The Labute approximate surface area is 107 Å². The molecule has 0 N–H and O–H groups in total. The van der Waals surface area contributed by atoms with Crippen molar-refractivity contribution >= 4 is 23.4 Å². The van der Waals surface area contributed by atoms with Crippen molar-refractivity contribution in [2.45, 2.75) is 52.4 Å². The molecular formula is C13H20N2O3. The average Bonchev–Trinajstić information content (AvgIpc) is 2.32. The third-order valence-corrected chi connectivity index (χ3v) is 2.94.